The van der Waals surface area contributed by atoms with E-state index in [1.54, 1.807) is 0 Å². The van der Waals surface area contributed by atoms with Crippen LogP contribution in [-0.4, -0.2) is 71.3 Å². The van der Waals surface area contributed by atoms with E-state index in [2.05, 4.69) is 52.5 Å². The van der Waals surface area contributed by atoms with Crippen molar-refractivity contribution in [2.45, 2.75) is 51.0 Å². The van der Waals surface area contributed by atoms with E-state index in [1.807, 2.05) is 11.7 Å². The van der Waals surface area contributed by atoms with Crippen LogP contribution in [0, 0.1) is 5.92 Å². The van der Waals surface area contributed by atoms with Gasteiger partial charge in [-0.1, -0.05) is 12.1 Å². The number of nitrogens with zero attached hydrogens (tertiary/aromatic N) is 4. The summed E-state index contributed by atoms with van der Waals surface area (Å²) in [6.07, 6.45) is 3.27. The second kappa shape index (κ2) is 8.72. The van der Waals surface area contributed by atoms with E-state index in [1.165, 1.54) is 25.1 Å². The summed E-state index contributed by atoms with van der Waals surface area (Å²) in [5.41, 5.74) is 3.29. The van der Waals surface area contributed by atoms with Crippen LogP contribution in [0.4, 0.5) is 5.69 Å². The van der Waals surface area contributed by atoms with E-state index in [4.69, 9.17) is 5.10 Å². The first-order chi connectivity index (χ1) is 15.8. The molecule has 178 valence electrons. The van der Waals surface area contributed by atoms with Gasteiger partial charge in [0, 0.05) is 63.7 Å². The molecule has 1 unspecified atom stereocenters. The molecule has 2 N–H and O–H groups in total. The number of hydrogen-bond donors (Lipinski definition) is 2. The molecule has 1 aromatic heterocycles. The summed E-state index contributed by atoms with van der Waals surface area (Å²) >= 11 is 0. The first-order valence-corrected chi connectivity index (χ1v) is 12.3. The molecule has 5 rings (SSSR count). The van der Waals surface area contributed by atoms with Crippen molar-refractivity contribution >= 4 is 28.4 Å². The molecule has 2 aromatic rings. The van der Waals surface area contributed by atoms with Crippen LogP contribution in [-0.2, 0) is 16.6 Å². The fraction of sp³-hybridized carbons (Fsp3) is 0.640. The van der Waals surface area contributed by atoms with Crippen molar-refractivity contribution < 1.29 is 9.59 Å². The topological polar surface area (TPSA) is 82.5 Å². The van der Waals surface area contributed by atoms with Crippen LogP contribution in [0.15, 0.2) is 18.2 Å². The van der Waals surface area contributed by atoms with Crippen molar-refractivity contribution in [3.63, 3.8) is 0 Å². The Morgan fingerprint density at radius 3 is 2.64 bits per heavy atom. The summed E-state index contributed by atoms with van der Waals surface area (Å²) < 4.78 is 1.92. The number of carbonyl (C=O) groups is 2. The number of hydrogen-bond acceptors (Lipinski definition) is 6. The second-order valence-electron chi connectivity index (χ2n) is 10.6. The van der Waals surface area contributed by atoms with Gasteiger partial charge in [0.1, 0.15) is 0 Å². The number of piperidine rings is 2. The van der Waals surface area contributed by atoms with Crippen molar-refractivity contribution in [2.75, 3.05) is 44.2 Å². The number of nitrogens with one attached hydrogen (secondary N) is 2. The minimum Gasteiger partial charge on any atom is -0.370 e. The van der Waals surface area contributed by atoms with Gasteiger partial charge in [0.2, 0.25) is 11.8 Å². The van der Waals surface area contributed by atoms with Gasteiger partial charge >= 0.3 is 0 Å². The van der Waals surface area contributed by atoms with Crippen LogP contribution < -0.4 is 15.5 Å². The zero-order chi connectivity index (χ0) is 23.2. The maximum Gasteiger partial charge on any atom is 0.235 e. The fourth-order valence-electron chi connectivity index (χ4n) is 5.84. The fourth-order valence-corrected chi connectivity index (χ4v) is 5.84. The highest BCUT2D eigenvalue weighted by Gasteiger charge is 2.34. The van der Waals surface area contributed by atoms with Crippen molar-refractivity contribution in [1.82, 2.24) is 25.3 Å². The summed E-state index contributed by atoms with van der Waals surface area (Å²) in [5, 5.41) is 11.8. The molecule has 1 aromatic carbocycles. The molecule has 0 aliphatic carbocycles. The Hall–Kier alpha value is -2.45. The van der Waals surface area contributed by atoms with E-state index in [9.17, 15) is 9.59 Å². The number of piperazine rings is 1. The van der Waals surface area contributed by atoms with E-state index in [0.29, 0.717) is 12.8 Å². The number of benzene rings is 1. The number of rotatable bonds is 4. The molecule has 33 heavy (non-hydrogen) atoms. The van der Waals surface area contributed by atoms with Gasteiger partial charge in [0.15, 0.2) is 0 Å². The summed E-state index contributed by atoms with van der Waals surface area (Å²) in [5.74, 6) is -0.0595. The van der Waals surface area contributed by atoms with Crippen LogP contribution in [0.25, 0.3) is 10.9 Å². The minimum atomic E-state index is -0.366. The molecule has 0 spiro atoms. The lowest BCUT2D eigenvalue weighted by atomic mass is 9.91. The lowest BCUT2D eigenvalue weighted by molar-refractivity contribution is -0.134. The van der Waals surface area contributed by atoms with Crippen molar-refractivity contribution in [2.24, 2.45) is 13.0 Å². The monoisotopic (exact) mass is 452 g/mol. The molecule has 0 bridgehead atoms. The number of anilines is 1. The normalized spacial score (nSPS) is 24.9. The first kappa shape index (κ1) is 22.3. The highest BCUT2D eigenvalue weighted by molar-refractivity contribution is 6.03. The van der Waals surface area contributed by atoms with E-state index in [0.717, 1.165) is 55.2 Å². The average molecular weight is 453 g/mol. The minimum absolute atomic E-state index is 0.191. The second-order valence-corrected chi connectivity index (χ2v) is 10.6. The quantitative estimate of drug-likeness (QED) is 0.691. The summed E-state index contributed by atoms with van der Waals surface area (Å²) in [6.45, 7) is 11.2. The number of amides is 2. The maximum atomic E-state index is 12.5. The lowest BCUT2D eigenvalue weighted by Crippen LogP contribution is -2.59. The number of fused-ring (bicyclic) bond motifs is 1. The van der Waals surface area contributed by atoms with Crippen LogP contribution in [0.1, 0.15) is 51.1 Å². The molecule has 0 radical (unpaired) electrons. The summed E-state index contributed by atoms with van der Waals surface area (Å²) in [4.78, 5) is 29.2. The van der Waals surface area contributed by atoms with E-state index in [-0.39, 0.29) is 23.3 Å². The van der Waals surface area contributed by atoms with E-state index < -0.39 is 0 Å². The summed E-state index contributed by atoms with van der Waals surface area (Å²) in [7, 11) is 1.96. The highest BCUT2D eigenvalue weighted by Crippen LogP contribution is 2.36. The Kier molecular flexibility index (Phi) is 5.91. The Balaban J connectivity index is 1.32. The predicted octanol–water partition coefficient (Wildman–Crippen LogP) is 1.99. The Morgan fingerprint density at radius 1 is 1.12 bits per heavy atom. The Morgan fingerprint density at radius 2 is 1.91 bits per heavy atom. The van der Waals surface area contributed by atoms with Crippen LogP contribution in [0.5, 0.6) is 0 Å². The molecule has 1 atom stereocenters. The van der Waals surface area contributed by atoms with Gasteiger partial charge in [-0.3, -0.25) is 24.5 Å². The first-order valence-electron chi connectivity index (χ1n) is 12.3. The van der Waals surface area contributed by atoms with Crippen LogP contribution in [0.2, 0.25) is 0 Å². The van der Waals surface area contributed by atoms with Crippen LogP contribution in [0.3, 0.4) is 0 Å². The van der Waals surface area contributed by atoms with Gasteiger partial charge in [-0.15, -0.1) is 0 Å². The molecule has 8 heteroatoms. The maximum absolute atomic E-state index is 12.5. The van der Waals surface area contributed by atoms with Crippen molar-refractivity contribution in [1.29, 1.82) is 0 Å². The van der Waals surface area contributed by atoms with Gasteiger partial charge in [0.05, 0.1) is 22.8 Å². The molecule has 4 heterocycles. The van der Waals surface area contributed by atoms with Crippen molar-refractivity contribution in [3.05, 3.63) is 23.9 Å². The number of aryl methyl sites for hydroxylation is 1. The zero-order valence-corrected chi connectivity index (χ0v) is 20.1. The average Bonchev–Trinajstić information content (AvgIpc) is 3.12. The largest absolute Gasteiger partial charge is 0.370 e. The number of imide groups is 1. The van der Waals surface area contributed by atoms with Gasteiger partial charge in [-0.05, 0) is 45.1 Å². The van der Waals surface area contributed by atoms with Gasteiger partial charge in [-0.2, -0.15) is 5.10 Å². The van der Waals surface area contributed by atoms with Gasteiger partial charge < -0.3 is 10.2 Å². The van der Waals surface area contributed by atoms with Gasteiger partial charge in [0.25, 0.3) is 0 Å². The molecule has 0 saturated carbocycles. The third-order valence-electron chi connectivity index (χ3n) is 7.85. The lowest BCUT2D eigenvalue weighted by Gasteiger charge is -2.45. The number of aromatic nitrogens is 2. The summed E-state index contributed by atoms with van der Waals surface area (Å²) in [6, 6.07) is 6.31. The molecular weight excluding hydrogens is 416 g/mol. The molecule has 8 nitrogen and oxygen atoms in total. The smallest absolute Gasteiger partial charge is 0.235 e. The SMILES string of the molecule is Cn1nc(C2CCC(=O)NC2=O)c2cccc(N3CCC(CN4CCNCC4(C)C)CC3)c21. The van der Waals surface area contributed by atoms with E-state index >= 15 is 0 Å². The molecule has 3 aliphatic heterocycles. The third-order valence-corrected chi connectivity index (χ3v) is 7.85. The zero-order valence-electron chi connectivity index (χ0n) is 20.1. The van der Waals surface area contributed by atoms with Crippen LogP contribution >= 0.6 is 0 Å². The molecule has 2 amide bonds. The molecule has 3 aliphatic rings. The predicted molar refractivity (Wildman–Crippen MR) is 129 cm³/mol. The van der Waals surface area contributed by atoms with Gasteiger partial charge in [-0.25, -0.2) is 0 Å². The third kappa shape index (κ3) is 4.26. The van der Waals surface area contributed by atoms with Crippen molar-refractivity contribution in [3.8, 4) is 0 Å². The molecule has 3 saturated heterocycles. The molecule has 3 fully saturated rings. The highest BCUT2D eigenvalue weighted by atomic mass is 16.2. The number of carbonyl (C=O) groups excluding carboxylic acids is 2. The Labute approximate surface area is 195 Å². The Bertz CT molecular complexity index is 1050. The number of para-hydroxylation sites is 1. The standard InChI is InChI=1S/C25H36N6O2/c1-25(2)16-26-11-14-31(25)15-17-9-12-30(13-10-17)20-6-4-5-18-22(28-29(3)23(18)20)19-7-8-21(32)27-24(19)33/h4-6,17,19,26H,7-16H2,1-3H3,(H,27,32,33). The molecular formula is C25H36N6O2.